The zero-order chi connectivity index (χ0) is 14.8. The molecular formula is C14H17NO3S2. The van der Waals surface area contributed by atoms with Gasteiger partial charge in [-0.05, 0) is 43.2 Å². The van der Waals surface area contributed by atoms with Crippen LogP contribution in [0.25, 0.3) is 0 Å². The standard InChI is InChI=1S/C14H17NO3S2/c1-4-11-6-8-14(19-11)20(16,17)15-12-9-10(2)5-7-13(12)18-3/h5-9,15H,4H2,1-3H3. The van der Waals surface area contributed by atoms with Crippen molar-refractivity contribution < 1.29 is 13.2 Å². The Morgan fingerprint density at radius 3 is 2.60 bits per heavy atom. The van der Waals surface area contributed by atoms with Crippen molar-refractivity contribution in [2.45, 2.75) is 24.5 Å². The lowest BCUT2D eigenvalue weighted by molar-refractivity contribution is 0.417. The number of anilines is 1. The van der Waals surface area contributed by atoms with E-state index in [2.05, 4.69) is 4.72 Å². The van der Waals surface area contributed by atoms with Gasteiger partial charge in [0.1, 0.15) is 9.96 Å². The van der Waals surface area contributed by atoms with Crippen LogP contribution in [0.2, 0.25) is 0 Å². The Labute approximate surface area is 123 Å². The van der Waals surface area contributed by atoms with Crippen LogP contribution < -0.4 is 9.46 Å². The number of nitrogens with one attached hydrogen (secondary N) is 1. The van der Waals surface area contributed by atoms with Gasteiger partial charge < -0.3 is 4.74 Å². The van der Waals surface area contributed by atoms with E-state index in [0.29, 0.717) is 15.6 Å². The van der Waals surface area contributed by atoms with Crippen LogP contribution in [-0.2, 0) is 16.4 Å². The average molecular weight is 311 g/mol. The van der Waals surface area contributed by atoms with E-state index in [1.807, 2.05) is 26.0 Å². The van der Waals surface area contributed by atoms with Gasteiger partial charge in [0, 0.05) is 4.88 Å². The Hall–Kier alpha value is -1.53. The molecule has 1 N–H and O–H groups in total. The topological polar surface area (TPSA) is 55.4 Å². The highest BCUT2D eigenvalue weighted by Crippen LogP contribution is 2.30. The predicted octanol–water partition coefficient (Wildman–Crippen LogP) is 3.43. The van der Waals surface area contributed by atoms with Crippen molar-refractivity contribution in [1.82, 2.24) is 0 Å². The molecule has 20 heavy (non-hydrogen) atoms. The highest BCUT2D eigenvalue weighted by molar-refractivity contribution is 7.94. The molecule has 2 aromatic rings. The van der Waals surface area contributed by atoms with Crippen molar-refractivity contribution in [3.63, 3.8) is 0 Å². The van der Waals surface area contributed by atoms with Crippen LogP contribution in [0.3, 0.4) is 0 Å². The lowest BCUT2D eigenvalue weighted by Crippen LogP contribution is -2.12. The molecule has 0 atom stereocenters. The molecule has 4 nitrogen and oxygen atoms in total. The summed E-state index contributed by atoms with van der Waals surface area (Å²) in [5, 5.41) is 0. The summed E-state index contributed by atoms with van der Waals surface area (Å²) in [5.41, 5.74) is 1.42. The van der Waals surface area contributed by atoms with Crippen molar-refractivity contribution >= 4 is 27.0 Å². The van der Waals surface area contributed by atoms with Gasteiger partial charge in [-0.15, -0.1) is 11.3 Å². The van der Waals surface area contributed by atoms with E-state index in [0.717, 1.165) is 16.9 Å². The number of benzene rings is 1. The third-order valence-electron chi connectivity index (χ3n) is 2.85. The van der Waals surface area contributed by atoms with Crippen molar-refractivity contribution in [3.05, 3.63) is 40.8 Å². The maximum atomic E-state index is 12.4. The smallest absolute Gasteiger partial charge is 0.271 e. The van der Waals surface area contributed by atoms with Gasteiger partial charge in [-0.3, -0.25) is 4.72 Å². The van der Waals surface area contributed by atoms with Crippen LogP contribution in [0.4, 0.5) is 5.69 Å². The molecule has 1 aromatic heterocycles. The van der Waals surface area contributed by atoms with Gasteiger partial charge in [0.2, 0.25) is 0 Å². The third-order valence-corrected chi connectivity index (χ3v) is 5.94. The maximum absolute atomic E-state index is 12.4. The minimum Gasteiger partial charge on any atom is -0.495 e. The fourth-order valence-corrected chi connectivity index (χ4v) is 4.15. The second-order valence-electron chi connectivity index (χ2n) is 4.38. The van der Waals surface area contributed by atoms with Gasteiger partial charge in [-0.2, -0.15) is 0 Å². The van der Waals surface area contributed by atoms with E-state index < -0.39 is 10.0 Å². The maximum Gasteiger partial charge on any atom is 0.271 e. The summed E-state index contributed by atoms with van der Waals surface area (Å²) < 4.78 is 32.8. The van der Waals surface area contributed by atoms with E-state index in [-0.39, 0.29) is 0 Å². The lowest BCUT2D eigenvalue weighted by atomic mass is 10.2. The SMILES string of the molecule is CCc1ccc(S(=O)(=O)Nc2cc(C)ccc2OC)s1. The molecule has 6 heteroatoms. The van der Waals surface area contributed by atoms with Crippen LogP contribution in [0, 0.1) is 6.92 Å². The second kappa shape index (κ2) is 5.85. The Morgan fingerprint density at radius 1 is 1.25 bits per heavy atom. The van der Waals surface area contributed by atoms with Gasteiger partial charge in [0.25, 0.3) is 10.0 Å². The minimum absolute atomic E-state index is 0.318. The molecule has 2 rings (SSSR count). The molecular weight excluding hydrogens is 294 g/mol. The summed E-state index contributed by atoms with van der Waals surface area (Å²) in [6.07, 6.45) is 0.827. The highest BCUT2D eigenvalue weighted by atomic mass is 32.2. The van der Waals surface area contributed by atoms with Crippen LogP contribution in [0.5, 0.6) is 5.75 Å². The molecule has 0 amide bonds. The van der Waals surface area contributed by atoms with Crippen LogP contribution in [0.1, 0.15) is 17.4 Å². The van der Waals surface area contributed by atoms with Crippen LogP contribution >= 0.6 is 11.3 Å². The summed E-state index contributed by atoms with van der Waals surface area (Å²) in [5.74, 6) is 0.506. The van der Waals surface area contributed by atoms with Gasteiger partial charge in [0.05, 0.1) is 12.8 Å². The molecule has 0 bridgehead atoms. The van der Waals surface area contributed by atoms with Gasteiger partial charge >= 0.3 is 0 Å². The first-order chi connectivity index (χ1) is 9.46. The van der Waals surface area contributed by atoms with Gasteiger partial charge in [-0.1, -0.05) is 13.0 Å². The summed E-state index contributed by atoms with van der Waals surface area (Å²) >= 11 is 1.29. The van der Waals surface area contributed by atoms with E-state index in [1.165, 1.54) is 18.4 Å². The zero-order valence-electron chi connectivity index (χ0n) is 11.6. The number of sulfonamides is 1. The van der Waals surface area contributed by atoms with Crippen LogP contribution in [0.15, 0.2) is 34.5 Å². The van der Waals surface area contributed by atoms with Crippen molar-refractivity contribution in [3.8, 4) is 5.75 Å². The Kier molecular flexibility index (Phi) is 4.35. The van der Waals surface area contributed by atoms with E-state index >= 15 is 0 Å². The highest BCUT2D eigenvalue weighted by Gasteiger charge is 2.18. The molecule has 0 spiro atoms. The molecule has 0 aliphatic heterocycles. The normalized spacial score (nSPS) is 11.3. The Morgan fingerprint density at radius 2 is 2.00 bits per heavy atom. The van der Waals surface area contributed by atoms with Crippen molar-refractivity contribution in [2.75, 3.05) is 11.8 Å². The molecule has 0 radical (unpaired) electrons. The number of hydrogen-bond donors (Lipinski definition) is 1. The largest absolute Gasteiger partial charge is 0.495 e. The molecule has 0 fully saturated rings. The van der Waals surface area contributed by atoms with E-state index in [9.17, 15) is 8.42 Å². The fourth-order valence-electron chi connectivity index (χ4n) is 1.79. The molecule has 1 heterocycles. The first-order valence-electron chi connectivity index (χ1n) is 6.22. The number of ether oxygens (including phenoxy) is 1. The number of methoxy groups -OCH3 is 1. The van der Waals surface area contributed by atoms with E-state index in [4.69, 9.17) is 4.74 Å². The van der Waals surface area contributed by atoms with Gasteiger partial charge in [0.15, 0.2) is 0 Å². The average Bonchev–Trinajstić information content (AvgIpc) is 2.88. The molecule has 0 saturated carbocycles. The Bertz CT molecular complexity index is 705. The lowest BCUT2D eigenvalue weighted by Gasteiger charge is -2.11. The monoisotopic (exact) mass is 311 g/mol. The van der Waals surface area contributed by atoms with E-state index in [1.54, 1.807) is 18.2 Å². The molecule has 0 saturated heterocycles. The summed E-state index contributed by atoms with van der Waals surface area (Å²) in [4.78, 5) is 1.04. The van der Waals surface area contributed by atoms with Gasteiger partial charge in [-0.25, -0.2) is 8.42 Å². The summed E-state index contributed by atoms with van der Waals surface area (Å²) in [6, 6.07) is 8.85. The van der Waals surface area contributed by atoms with Crippen molar-refractivity contribution in [1.29, 1.82) is 0 Å². The Balaban J connectivity index is 2.35. The number of aryl methyl sites for hydroxylation is 2. The van der Waals surface area contributed by atoms with Crippen molar-refractivity contribution in [2.24, 2.45) is 0 Å². The first-order valence-corrected chi connectivity index (χ1v) is 8.52. The quantitative estimate of drug-likeness (QED) is 0.920. The second-order valence-corrected chi connectivity index (χ2v) is 7.46. The first kappa shape index (κ1) is 14.9. The molecule has 0 unspecified atom stereocenters. The number of thiophene rings is 1. The number of rotatable bonds is 5. The molecule has 1 aromatic carbocycles. The molecule has 0 aliphatic carbocycles. The molecule has 108 valence electrons. The molecule has 0 aliphatic rings. The number of hydrogen-bond acceptors (Lipinski definition) is 4. The van der Waals surface area contributed by atoms with Crippen LogP contribution in [-0.4, -0.2) is 15.5 Å². The fraction of sp³-hybridized carbons (Fsp3) is 0.286. The summed E-state index contributed by atoms with van der Waals surface area (Å²) in [7, 11) is -2.05. The minimum atomic E-state index is -3.56. The predicted molar refractivity (Wildman–Crippen MR) is 82.2 cm³/mol. The third kappa shape index (κ3) is 3.13. The zero-order valence-corrected chi connectivity index (χ0v) is 13.3. The summed E-state index contributed by atoms with van der Waals surface area (Å²) in [6.45, 7) is 3.90.